The molecule has 0 aromatic rings. The second-order valence-corrected chi connectivity index (χ2v) is 16.8. The molecular formula is C36H64N8Zn. The van der Waals surface area contributed by atoms with Crippen molar-refractivity contribution in [3.8, 4) is 0 Å². The van der Waals surface area contributed by atoms with Gasteiger partial charge in [-0.3, -0.25) is 42.5 Å². The fourth-order valence-corrected chi connectivity index (χ4v) is 11.7. The van der Waals surface area contributed by atoms with Gasteiger partial charge in [0.2, 0.25) is 0 Å². The van der Waals surface area contributed by atoms with Crippen LogP contribution in [0.3, 0.4) is 0 Å². The molecule has 5 saturated heterocycles. The average Bonchev–Trinajstić information content (AvgIpc) is 3.76. The van der Waals surface area contributed by atoms with E-state index in [0.717, 1.165) is 35.5 Å². The average molecular weight is 674 g/mol. The first kappa shape index (κ1) is 33.8. The van der Waals surface area contributed by atoms with E-state index < -0.39 is 0 Å². The Morgan fingerprint density at radius 3 is 0.978 bits per heavy atom. The van der Waals surface area contributed by atoms with Crippen molar-refractivity contribution in [2.75, 3.05) is 0 Å². The zero-order chi connectivity index (χ0) is 29.8. The van der Waals surface area contributed by atoms with Gasteiger partial charge in [0, 0.05) is 6.17 Å². The van der Waals surface area contributed by atoms with E-state index in [4.69, 9.17) is 0 Å². The second kappa shape index (κ2) is 14.7. The van der Waals surface area contributed by atoms with Crippen LogP contribution in [0.25, 0.3) is 0 Å². The maximum absolute atomic E-state index is 4.25. The van der Waals surface area contributed by atoms with Gasteiger partial charge in [-0.1, -0.05) is 65.2 Å². The van der Waals surface area contributed by atoms with Gasteiger partial charge in [0.25, 0.3) is 0 Å². The van der Waals surface area contributed by atoms with E-state index in [1.807, 2.05) is 0 Å². The van der Waals surface area contributed by atoms with Crippen molar-refractivity contribution in [3.63, 3.8) is 0 Å². The number of nitrogens with one attached hydrogen (secondary N) is 8. The molecule has 4 saturated carbocycles. The van der Waals surface area contributed by atoms with E-state index in [9.17, 15) is 0 Å². The maximum atomic E-state index is 4.25. The van der Waals surface area contributed by atoms with Crippen molar-refractivity contribution in [2.45, 2.75) is 159 Å². The molecule has 8 N–H and O–H groups in total. The molecule has 5 aliphatic heterocycles. The summed E-state index contributed by atoms with van der Waals surface area (Å²) in [5.74, 6) is 6.32. The van der Waals surface area contributed by atoms with Gasteiger partial charge in [-0.25, -0.2) is 0 Å². The molecule has 45 heavy (non-hydrogen) atoms. The van der Waals surface area contributed by atoms with Gasteiger partial charge in [-0.2, -0.15) is 12.3 Å². The minimum absolute atomic E-state index is 0. The van der Waals surface area contributed by atoms with Crippen LogP contribution in [-0.2, 0) is 19.5 Å². The number of hydrogen-bond acceptors (Lipinski definition) is 8. The van der Waals surface area contributed by atoms with Crippen LogP contribution in [0.1, 0.15) is 110 Å². The molecule has 0 spiro atoms. The molecule has 250 valence electrons. The van der Waals surface area contributed by atoms with Crippen LogP contribution in [0, 0.1) is 66.6 Å². The third-order valence-corrected chi connectivity index (χ3v) is 13.6. The predicted octanol–water partition coefficient (Wildman–Crippen LogP) is 3.89. The Morgan fingerprint density at radius 2 is 0.667 bits per heavy atom. The summed E-state index contributed by atoms with van der Waals surface area (Å²) in [7, 11) is 0. The summed E-state index contributed by atoms with van der Waals surface area (Å²) in [6, 6.07) is 0. The van der Waals surface area contributed by atoms with E-state index in [1.54, 1.807) is 0 Å². The van der Waals surface area contributed by atoms with Gasteiger partial charge in [0.05, 0.1) is 43.2 Å². The predicted molar refractivity (Wildman–Crippen MR) is 177 cm³/mol. The Kier molecular flexibility index (Phi) is 11.0. The van der Waals surface area contributed by atoms with E-state index in [0.29, 0.717) is 67.1 Å². The molecule has 16 atom stereocenters. The van der Waals surface area contributed by atoms with Gasteiger partial charge in [0.15, 0.2) is 0 Å². The molecule has 16 unspecified atom stereocenters. The van der Waals surface area contributed by atoms with Gasteiger partial charge in [-0.05, 0) is 80.0 Å². The topological polar surface area (TPSA) is 96.2 Å². The number of hydrogen-bond donors (Lipinski definition) is 8. The van der Waals surface area contributed by atoms with Crippen molar-refractivity contribution in [3.05, 3.63) is 13.3 Å². The van der Waals surface area contributed by atoms with Gasteiger partial charge >= 0.3 is 19.5 Å². The number of fused-ring (bicyclic) bond motifs is 20. The molecule has 9 aliphatic rings. The standard InChI is InChI=1S/C32H55N8.C4H9.Zn/c1-2-10-18-17(9-1)25-33-26(18)38-28-21-13-5-6-14-22(21)30(35-28)40-32-24-16-8-7-15-23(24)31(36-32)39-29-20-12-4-3-11-19(20)27(34-29)37-25;1-4(2)3;/h9,17-40H,1-8,10-16H2;4H,1H2,2-3H3;/q2*-1;+2. The molecule has 0 radical (unpaired) electrons. The third kappa shape index (κ3) is 6.76. The molecular weight excluding hydrogens is 610 g/mol. The van der Waals surface area contributed by atoms with Crippen molar-refractivity contribution >= 4 is 0 Å². The van der Waals surface area contributed by atoms with Crippen LogP contribution in [-0.4, -0.2) is 49.3 Å². The SMILES string of the molecule is [CH-]1CCCC2C3NC(NC4NC(NC5NC(NC6NC(N3)C3CCCCC63)C3CCCCC53)C3CCCCC43)C12.[CH2-]C(C)C.[Zn+2]. The molecule has 5 heterocycles. The first-order chi connectivity index (χ1) is 21.5. The molecule has 8 nitrogen and oxygen atoms in total. The minimum atomic E-state index is 0. The van der Waals surface area contributed by atoms with Gasteiger partial charge in [-0.15, -0.1) is 5.92 Å². The summed E-state index contributed by atoms with van der Waals surface area (Å²) >= 11 is 0. The Labute approximate surface area is 287 Å². The van der Waals surface area contributed by atoms with Crippen molar-refractivity contribution in [1.82, 2.24) is 42.5 Å². The molecule has 0 aromatic heterocycles. The Balaban J connectivity index is 0.000000617. The molecule has 0 aromatic carbocycles. The molecule has 8 bridgehead atoms. The summed E-state index contributed by atoms with van der Waals surface area (Å²) in [5.41, 5.74) is 0. The zero-order valence-corrected chi connectivity index (χ0v) is 31.4. The first-order valence-electron chi connectivity index (χ1n) is 19.3. The third-order valence-electron chi connectivity index (χ3n) is 13.6. The zero-order valence-electron chi connectivity index (χ0n) is 28.4. The Bertz CT molecular complexity index is 759. The van der Waals surface area contributed by atoms with Crippen LogP contribution in [0.4, 0.5) is 0 Å². The van der Waals surface area contributed by atoms with Crippen LogP contribution in [0.2, 0.25) is 0 Å². The second-order valence-electron chi connectivity index (χ2n) is 16.8. The van der Waals surface area contributed by atoms with Crippen LogP contribution >= 0.6 is 0 Å². The molecule has 4 aliphatic carbocycles. The molecule has 9 heteroatoms. The molecule has 9 fully saturated rings. The van der Waals surface area contributed by atoms with Crippen LogP contribution in [0.5, 0.6) is 0 Å². The van der Waals surface area contributed by atoms with Crippen molar-refractivity contribution in [1.29, 1.82) is 0 Å². The van der Waals surface area contributed by atoms with E-state index in [-0.39, 0.29) is 19.5 Å². The largest absolute Gasteiger partial charge is 2.00 e. The monoisotopic (exact) mass is 672 g/mol. The maximum Gasteiger partial charge on any atom is 2.00 e. The van der Waals surface area contributed by atoms with Crippen molar-refractivity contribution in [2.24, 2.45) is 53.3 Å². The summed E-state index contributed by atoms with van der Waals surface area (Å²) in [6.07, 6.45) is 26.4. The summed E-state index contributed by atoms with van der Waals surface area (Å²) < 4.78 is 0. The Morgan fingerprint density at radius 1 is 0.422 bits per heavy atom. The van der Waals surface area contributed by atoms with E-state index in [1.165, 1.54) is 96.3 Å². The summed E-state index contributed by atoms with van der Waals surface area (Å²) in [5, 5.41) is 33.7. The van der Waals surface area contributed by atoms with Gasteiger partial charge < -0.3 is 13.3 Å². The first-order valence-corrected chi connectivity index (χ1v) is 19.3. The van der Waals surface area contributed by atoms with Gasteiger partial charge in [0.1, 0.15) is 0 Å². The smallest absolute Gasteiger partial charge is 0.341 e. The minimum Gasteiger partial charge on any atom is -0.341 e. The van der Waals surface area contributed by atoms with Crippen molar-refractivity contribution < 1.29 is 19.5 Å². The van der Waals surface area contributed by atoms with Crippen LogP contribution < -0.4 is 42.5 Å². The Hall–Kier alpha value is 0.303. The summed E-state index contributed by atoms with van der Waals surface area (Å²) in [4.78, 5) is 0. The summed E-state index contributed by atoms with van der Waals surface area (Å²) in [6.45, 7) is 7.75. The quantitative estimate of drug-likeness (QED) is 0.145. The fourth-order valence-electron chi connectivity index (χ4n) is 11.7. The number of rotatable bonds is 0. The van der Waals surface area contributed by atoms with Crippen LogP contribution in [0.15, 0.2) is 0 Å². The normalized spacial score (nSPS) is 52.0. The van der Waals surface area contributed by atoms with E-state index in [2.05, 4.69) is 69.7 Å². The fraction of sp³-hybridized carbons (Fsp3) is 0.944. The molecule has 9 rings (SSSR count). The molecule has 0 amide bonds. The van der Waals surface area contributed by atoms with E-state index >= 15 is 0 Å².